The Morgan fingerprint density at radius 3 is 3.00 bits per heavy atom. The zero-order valence-corrected chi connectivity index (χ0v) is 11.2. The van der Waals surface area contributed by atoms with Gasteiger partial charge in [-0.3, -0.25) is 4.90 Å². The van der Waals surface area contributed by atoms with E-state index in [9.17, 15) is 0 Å². The van der Waals surface area contributed by atoms with Gasteiger partial charge >= 0.3 is 0 Å². The van der Waals surface area contributed by atoms with E-state index in [1.54, 1.807) is 11.3 Å². The molecular formula is C12H21N3S. The second-order valence-corrected chi connectivity index (χ2v) is 6.51. The fourth-order valence-electron chi connectivity index (χ4n) is 2.06. The van der Waals surface area contributed by atoms with Crippen molar-refractivity contribution in [1.29, 1.82) is 0 Å². The Balaban J connectivity index is 1.92. The van der Waals surface area contributed by atoms with Crippen LogP contribution in [-0.4, -0.2) is 35.6 Å². The fourth-order valence-corrected chi connectivity index (χ4v) is 2.71. The van der Waals surface area contributed by atoms with Gasteiger partial charge in [-0.15, -0.1) is 11.3 Å². The first-order chi connectivity index (χ1) is 7.55. The van der Waals surface area contributed by atoms with Crippen LogP contribution in [0.1, 0.15) is 25.8 Å². The van der Waals surface area contributed by atoms with Gasteiger partial charge < -0.3 is 5.32 Å². The van der Waals surface area contributed by atoms with Crippen LogP contribution in [0.4, 0.5) is 0 Å². The minimum atomic E-state index is 0.335. The summed E-state index contributed by atoms with van der Waals surface area (Å²) in [7, 11) is 0. The van der Waals surface area contributed by atoms with Crippen molar-refractivity contribution >= 4 is 11.3 Å². The average molecular weight is 239 g/mol. The zero-order valence-electron chi connectivity index (χ0n) is 10.4. The van der Waals surface area contributed by atoms with Crippen LogP contribution in [0.2, 0.25) is 0 Å². The quantitative estimate of drug-likeness (QED) is 0.855. The summed E-state index contributed by atoms with van der Waals surface area (Å²) >= 11 is 1.75. The van der Waals surface area contributed by atoms with Gasteiger partial charge in [0, 0.05) is 37.3 Å². The maximum absolute atomic E-state index is 4.35. The summed E-state index contributed by atoms with van der Waals surface area (Å²) in [6.07, 6.45) is 1.89. The molecule has 1 N–H and O–H groups in total. The molecule has 1 fully saturated rings. The lowest BCUT2D eigenvalue weighted by atomic mass is 9.85. The molecule has 2 rings (SSSR count). The minimum absolute atomic E-state index is 0.335. The Bertz CT molecular complexity index is 316. The van der Waals surface area contributed by atoms with Crippen LogP contribution >= 0.6 is 11.3 Å². The molecule has 90 valence electrons. The van der Waals surface area contributed by atoms with Crippen molar-refractivity contribution in [2.24, 2.45) is 5.41 Å². The number of piperazine rings is 1. The summed E-state index contributed by atoms with van der Waals surface area (Å²) in [6, 6.07) is 0.584. The maximum Gasteiger partial charge on any atom is 0.107 e. The molecule has 0 spiro atoms. The van der Waals surface area contributed by atoms with Crippen molar-refractivity contribution in [1.82, 2.24) is 15.2 Å². The molecule has 0 bridgehead atoms. The van der Waals surface area contributed by atoms with Crippen LogP contribution < -0.4 is 5.32 Å². The maximum atomic E-state index is 4.35. The molecule has 4 heteroatoms. The van der Waals surface area contributed by atoms with E-state index < -0.39 is 0 Å². The molecule has 0 aliphatic carbocycles. The monoisotopic (exact) mass is 239 g/mol. The molecule has 0 aromatic carbocycles. The van der Waals surface area contributed by atoms with E-state index in [0.717, 1.165) is 26.2 Å². The van der Waals surface area contributed by atoms with Crippen molar-refractivity contribution in [2.45, 2.75) is 33.4 Å². The highest BCUT2D eigenvalue weighted by Gasteiger charge is 2.29. The molecule has 0 radical (unpaired) electrons. The van der Waals surface area contributed by atoms with Crippen molar-refractivity contribution in [3.8, 4) is 0 Å². The molecule has 16 heavy (non-hydrogen) atoms. The van der Waals surface area contributed by atoms with Gasteiger partial charge in [0.2, 0.25) is 0 Å². The van der Waals surface area contributed by atoms with Crippen LogP contribution in [0.3, 0.4) is 0 Å². The molecule has 1 aromatic rings. The molecule has 1 aliphatic heterocycles. The Morgan fingerprint density at radius 2 is 2.38 bits per heavy atom. The SMILES string of the molecule is CC(C)(C)C1CN(Cc2nccs2)CCN1. The summed E-state index contributed by atoms with van der Waals surface area (Å²) in [6.45, 7) is 11.3. The van der Waals surface area contributed by atoms with Gasteiger partial charge in [-0.25, -0.2) is 4.98 Å². The van der Waals surface area contributed by atoms with Crippen molar-refractivity contribution in [3.05, 3.63) is 16.6 Å². The summed E-state index contributed by atoms with van der Waals surface area (Å²) in [5.74, 6) is 0. The van der Waals surface area contributed by atoms with E-state index >= 15 is 0 Å². The highest BCUT2D eigenvalue weighted by Crippen LogP contribution is 2.22. The lowest BCUT2D eigenvalue weighted by Crippen LogP contribution is -2.55. The molecule has 2 heterocycles. The second-order valence-electron chi connectivity index (χ2n) is 5.53. The highest BCUT2D eigenvalue weighted by atomic mass is 32.1. The van der Waals surface area contributed by atoms with Crippen LogP contribution in [-0.2, 0) is 6.54 Å². The van der Waals surface area contributed by atoms with Crippen molar-refractivity contribution in [2.75, 3.05) is 19.6 Å². The van der Waals surface area contributed by atoms with Gasteiger partial charge in [0.1, 0.15) is 5.01 Å². The first-order valence-corrected chi connectivity index (χ1v) is 6.78. The first kappa shape index (κ1) is 12.0. The Hall–Kier alpha value is -0.450. The number of thiazole rings is 1. The van der Waals surface area contributed by atoms with E-state index in [4.69, 9.17) is 0 Å². The average Bonchev–Trinajstić information content (AvgIpc) is 2.70. The van der Waals surface area contributed by atoms with Crippen LogP contribution in [0.5, 0.6) is 0 Å². The molecule has 3 nitrogen and oxygen atoms in total. The number of hydrogen-bond acceptors (Lipinski definition) is 4. The first-order valence-electron chi connectivity index (χ1n) is 5.90. The van der Waals surface area contributed by atoms with Crippen molar-refractivity contribution in [3.63, 3.8) is 0 Å². The molecule has 1 aliphatic rings. The van der Waals surface area contributed by atoms with Gasteiger partial charge in [-0.1, -0.05) is 20.8 Å². The van der Waals surface area contributed by atoms with Crippen LogP contribution in [0.15, 0.2) is 11.6 Å². The topological polar surface area (TPSA) is 28.2 Å². The number of hydrogen-bond donors (Lipinski definition) is 1. The standard InChI is InChI=1S/C12H21N3S/c1-12(2,3)10-8-15(6-4-13-10)9-11-14-5-7-16-11/h5,7,10,13H,4,6,8-9H2,1-3H3. The molecular weight excluding hydrogens is 218 g/mol. The Morgan fingerprint density at radius 1 is 1.56 bits per heavy atom. The van der Waals surface area contributed by atoms with E-state index in [-0.39, 0.29) is 0 Å². The summed E-state index contributed by atoms with van der Waals surface area (Å²) in [5.41, 5.74) is 0.335. The van der Waals surface area contributed by atoms with E-state index in [1.165, 1.54) is 5.01 Å². The van der Waals surface area contributed by atoms with E-state index in [1.807, 2.05) is 6.20 Å². The number of rotatable bonds is 2. The van der Waals surface area contributed by atoms with Gasteiger partial charge in [-0.2, -0.15) is 0 Å². The van der Waals surface area contributed by atoms with Crippen LogP contribution in [0.25, 0.3) is 0 Å². The molecule has 1 unspecified atom stereocenters. The van der Waals surface area contributed by atoms with E-state index in [2.05, 4.69) is 41.4 Å². The third-order valence-corrected chi connectivity index (χ3v) is 3.91. The predicted octanol–water partition coefficient (Wildman–Crippen LogP) is 1.96. The predicted molar refractivity (Wildman–Crippen MR) is 68.6 cm³/mol. The smallest absolute Gasteiger partial charge is 0.107 e. The number of nitrogens with zero attached hydrogens (tertiary/aromatic N) is 2. The zero-order chi connectivity index (χ0) is 11.6. The van der Waals surface area contributed by atoms with Crippen molar-refractivity contribution < 1.29 is 0 Å². The molecule has 1 atom stereocenters. The highest BCUT2D eigenvalue weighted by molar-refractivity contribution is 7.09. The fraction of sp³-hybridized carbons (Fsp3) is 0.750. The Labute approximate surface area is 102 Å². The van der Waals surface area contributed by atoms with Gasteiger partial charge in [0.25, 0.3) is 0 Å². The summed E-state index contributed by atoms with van der Waals surface area (Å²) < 4.78 is 0. The minimum Gasteiger partial charge on any atom is -0.311 e. The third-order valence-electron chi connectivity index (χ3n) is 3.15. The van der Waals surface area contributed by atoms with Crippen LogP contribution in [0, 0.1) is 5.41 Å². The second kappa shape index (κ2) is 4.82. The summed E-state index contributed by atoms with van der Waals surface area (Å²) in [4.78, 5) is 6.86. The normalized spacial score (nSPS) is 23.6. The lowest BCUT2D eigenvalue weighted by molar-refractivity contribution is 0.129. The molecule has 0 amide bonds. The largest absolute Gasteiger partial charge is 0.311 e. The molecule has 1 saturated heterocycles. The lowest BCUT2D eigenvalue weighted by Gasteiger charge is -2.40. The van der Waals surface area contributed by atoms with Gasteiger partial charge in [-0.05, 0) is 5.41 Å². The van der Waals surface area contributed by atoms with E-state index in [0.29, 0.717) is 11.5 Å². The number of nitrogens with one attached hydrogen (secondary N) is 1. The molecule has 1 aromatic heterocycles. The molecule has 0 saturated carbocycles. The Kier molecular flexibility index (Phi) is 3.62. The van der Waals surface area contributed by atoms with Gasteiger partial charge in [0.05, 0.1) is 6.54 Å². The number of aromatic nitrogens is 1. The summed E-state index contributed by atoms with van der Waals surface area (Å²) in [5, 5.41) is 6.90. The third kappa shape index (κ3) is 3.03. The van der Waals surface area contributed by atoms with Gasteiger partial charge in [0.15, 0.2) is 0 Å².